The molecule has 3 N–H and O–H groups in total. The zero-order chi connectivity index (χ0) is 15.4. The van der Waals surface area contributed by atoms with Gasteiger partial charge in [-0.2, -0.15) is 0 Å². The van der Waals surface area contributed by atoms with E-state index in [0.29, 0.717) is 11.3 Å². The SMILES string of the molecule is Cc1cnc(=O)n(CC(=O)Nc2ccccc2C(N)=S)c1. The van der Waals surface area contributed by atoms with Crippen molar-refractivity contribution in [2.75, 3.05) is 5.32 Å². The summed E-state index contributed by atoms with van der Waals surface area (Å²) in [6, 6.07) is 6.96. The molecule has 6 nitrogen and oxygen atoms in total. The van der Waals surface area contributed by atoms with E-state index in [9.17, 15) is 9.59 Å². The molecule has 2 aromatic rings. The van der Waals surface area contributed by atoms with Gasteiger partial charge in [-0.25, -0.2) is 9.78 Å². The summed E-state index contributed by atoms with van der Waals surface area (Å²) in [6.45, 7) is 1.67. The minimum absolute atomic E-state index is 0.126. The smallest absolute Gasteiger partial charge is 0.347 e. The lowest BCUT2D eigenvalue weighted by Gasteiger charge is -2.10. The minimum Gasteiger partial charge on any atom is -0.389 e. The predicted molar refractivity (Wildman–Crippen MR) is 84.2 cm³/mol. The van der Waals surface area contributed by atoms with Gasteiger partial charge in [0.1, 0.15) is 11.5 Å². The molecule has 21 heavy (non-hydrogen) atoms. The summed E-state index contributed by atoms with van der Waals surface area (Å²) in [6.07, 6.45) is 3.04. The van der Waals surface area contributed by atoms with E-state index in [1.54, 1.807) is 37.4 Å². The van der Waals surface area contributed by atoms with E-state index in [0.717, 1.165) is 5.56 Å². The molecule has 0 unspecified atom stereocenters. The quantitative estimate of drug-likeness (QED) is 0.816. The van der Waals surface area contributed by atoms with E-state index in [2.05, 4.69) is 10.3 Å². The molecule has 0 spiro atoms. The Morgan fingerprint density at radius 1 is 1.43 bits per heavy atom. The number of nitrogens with one attached hydrogen (secondary N) is 1. The van der Waals surface area contributed by atoms with Crippen LogP contribution in [0.3, 0.4) is 0 Å². The van der Waals surface area contributed by atoms with Crippen LogP contribution in [0.15, 0.2) is 41.5 Å². The van der Waals surface area contributed by atoms with Gasteiger partial charge in [-0.3, -0.25) is 9.36 Å². The van der Waals surface area contributed by atoms with Crippen molar-refractivity contribution >= 4 is 28.8 Å². The Hall–Kier alpha value is -2.54. The highest BCUT2D eigenvalue weighted by Gasteiger charge is 2.09. The third-order valence-electron chi connectivity index (χ3n) is 2.76. The van der Waals surface area contributed by atoms with Crippen LogP contribution in [0.4, 0.5) is 5.69 Å². The molecule has 1 amide bonds. The van der Waals surface area contributed by atoms with Crippen LogP contribution in [-0.2, 0) is 11.3 Å². The lowest BCUT2D eigenvalue weighted by Crippen LogP contribution is -2.29. The van der Waals surface area contributed by atoms with E-state index < -0.39 is 5.69 Å². The molecule has 108 valence electrons. The van der Waals surface area contributed by atoms with Crippen LogP contribution in [0.2, 0.25) is 0 Å². The number of anilines is 1. The molecular formula is C14H14N4O2S. The Labute approximate surface area is 126 Å². The van der Waals surface area contributed by atoms with E-state index in [1.807, 2.05) is 0 Å². The molecule has 7 heteroatoms. The van der Waals surface area contributed by atoms with Gasteiger partial charge in [-0.1, -0.05) is 24.4 Å². The number of carbonyl (C=O) groups excluding carboxylic acids is 1. The van der Waals surface area contributed by atoms with E-state index >= 15 is 0 Å². The van der Waals surface area contributed by atoms with Crippen LogP contribution in [0, 0.1) is 6.92 Å². The first-order chi connectivity index (χ1) is 9.97. The van der Waals surface area contributed by atoms with E-state index in [4.69, 9.17) is 18.0 Å². The van der Waals surface area contributed by atoms with Gasteiger partial charge in [-0.15, -0.1) is 0 Å². The van der Waals surface area contributed by atoms with Crippen LogP contribution in [-0.4, -0.2) is 20.4 Å². The number of rotatable bonds is 4. The first-order valence-corrected chi connectivity index (χ1v) is 6.60. The summed E-state index contributed by atoms with van der Waals surface area (Å²) in [5.74, 6) is -0.354. The molecule has 0 saturated carbocycles. The van der Waals surface area contributed by atoms with Crippen molar-refractivity contribution in [1.82, 2.24) is 9.55 Å². The van der Waals surface area contributed by atoms with Crippen molar-refractivity contribution in [2.45, 2.75) is 13.5 Å². The minimum atomic E-state index is -0.474. The van der Waals surface area contributed by atoms with Crippen molar-refractivity contribution in [2.24, 2.45) is 5.73 Å². The standard InChI is InChI=1S/C14H14N4O2S/c1-9-6-16-14(20)18(7-9)8-12(19)17-11-5-3-2-4-10(11)13(15)21/h2-7H,8H2,1H3,(H2,15,21)(H,17,19). The van der Waals surface area contributed by atoms with Crippen LogP contribution in [0.5, 0.6) is 0 Å². The molecule has 2 rings (SSSR count). The molecule has 1 aromatic carbocycles. The fourth-order valence-electron chi connectivity index (χ4n) is 1.83. The summed E-state index contributed by atoms with van der Waals surface area (Å²) in [7, 11) is 0. The van der Waals surface area contributed by atoms with Gasteiger partial charge in [0.25, 0.3) is 0 Å². The van der Waals surface area contributed by atoms with E-state index in [1.165, 1.54) is 10.8 Å². The predicted octanol–water partition coefficient (Wildman–Crippen LogP) is 0.825. The molecule has 0 aliphatic heterocycles. The van der Waals surface area contributed by atoms with Gasteiger partial charge in [0.15, 0.2) is 0 Å². The maximum absolute atomic E-state index is 12.0. The number of nitrogens with two attached hydrogens (primary N) is 1. The zero-order valence-corrected chi connectivity index (χ0v) is 12.2. The van der Waals surface area contributed by atoms with Crippen molar-refractivity contribution < 1.29 is 4.79 Å². The number of aromatic nitrogens is 2. The average Bonchev–Trinajstić information content (AvgIpc) is 2.43. The Morgan fingerprint density at radius 2 is 2.14 bits per heavy atom. The molecule has 0 aliphatic carbocycles. The topological polar surface area (TPSA) is 90.0 Å². The summed E-state index contributed by atoms with van der Waals surface area (Å²) in [5.41, 5.74) is 7.02. The maximum Gasteiger partial charge on any atom is 0.347 e. The monoisotopic (exact) mass is 302 g/mol. The number of benzene rings is 1. The van der Waals surface area contributed by atoms with Gasteiger partial charge >= 0.3 is 5.69 Å². The summed E-state index contributed by atoms with van der Waals surface area (Å²) in [4.78, 5) is 27.5. The number of aryl methyl sites for hydroxylation is 1. The highest BCUT2D eigenvalue weighted by Crippen LogP contribution is 2.14. The molecule has 0 atom stereocenters. The maximum atomic E-state index is 12.0. The third-order valence-corrected chi connectivity index (χ3v) is 2.98. The first-order valence-electron chi connectivity index (χ1n) is 6.19. The Bertz CT molecular complexity index is 755. The van der Waals surface area contributed by atoms with Gasteiger partial charge in [0, 0.05) is 18.0 Å². The summed E-state index contributed by atoms with van der Waals surface area (Å²) < 4.78 is 1.24. The molecule has 1 aromatic heterocycles. The van der Waals surface area contributed by atoms with Crippen molar-refractivity contribution in [3.63, 3.8) is 0 Å². The van der Waals surface area contributed by atoms with Gasteiger partial charge < -0.3 is 11.1 Å². The normalized spacial score (nSPS) is 10.1. The average molecular weight is 302 g/mol. The Kier molecular flexibility index (Phi) is 4.44. The number of carbonyl (C=O) groups is 1. The molecule has 0 saturated heterocycles. The molecule has 1 heterocycles. The van der Waals surface area contributed by atoms with Crippen LogP contribution >= 0.6 is 12.2 Å². The fraction of sp³-hybridized carbons (Fsp3) is 0.143. The third kappa shape index (κ3) is 3.73. The number of para-hydroxylation sites is 1. The Balaban J connectivity index is 2.18. The highest BCUT2D eigenvalue weighted by atomic mass is 32.1. The zero-order valence-electron chi connectivity index (χ0n) is 11.4. The van der Waals surface area contributed by atoms with Gasteiger partial charge in [0.2, 0.25) is 5.91 Å². The fourth-order valence-corrected chi connectivity index (χ4v) is 2.01. The van der Waals surface area contributed by atoms with Crippen molar-refractivity contribution in [3.8, 4) is 0 Å². The molecule has 0 radical (unpaired) electrons. The van der Waals surface area contributed by atoms with Gasteiger partial charge in [-0.05, 0) is 24.6 Å². The summed E-state index contributed by atoms with van der Waals surface area (Å²) in [5, 5.41) is 2.69. The number of amides is 1. The number of nitrogens with zero attached hydrogens (tertiary/aromatic N) is 2. The second-order valence-electron chi connectivity index (χ2n) is 4.50. The molecular weight excluding hydrogens is 288 g/mol. The first kappa shape index (κ1) is 14.9. The van der Waals surface area contributed by atoms with Crippen molar-refractivity contribution in [3.05, 3.63) is 58.3 Å². The number of thiocarbonyl (C=S) groups is 1. The highest BCUT2D eigenvalue weighted by molar-refractivity contribution is 7.80. The molecule has 0 bridgehead atoms. The van der Waals surface area contributed by atoms with Crippen LogP contribution in [0.1, 0.15) is 11.1 Å². The van der Waals surface area contributed by atoms with E-state index in [-0.39, 0.29) is 17.4 Å². The Morgan fingerprint density at radius 3 is 2.86 bits per heavy atom. The lowest BCUT2D eigenvalue weighted by atomic mass is 10.2. The van der Waals surface area contributed by atoms with Crippen LogP contribution in [0.25, 0.3) is 0 Å². The lowest BCUT2D eigenvalue weighted by molar-refractivity contribution is -0.116. The second-order valence-corrected chi connectivity index (χ2v) is 4.94. The number of hydrogen-bond acceptors (Lipinski definition) is 4. The molecule has 0 aliphatic rings. The van der Waals surface area contributed by atoms with Gasteiger partial charge in [0.05, 0.1) is 5.69 Å². The largest absolute Gasteiger partial charge is 0.389 e. The molecule has 0 fully saturated rings. The second kappa shape index (κ2) is 6.27. The summed E-state index contributed by atoms with van der Waals surface area (Å²) >= 11 is 4.93. The van der Waals surface area contributed by atoms with Crippen LogP contribution < -0.4 is 16.7 Å². The number of hydrogen-bond donors (Lipinski definition) is 2. The van der Waals surface area contributed by atoms with Crippen molar-refractivity contribution in [1.29, 1.82) is 0 Å².